The number of hydrogen-bond acceptors (Lipinski definition) is 4. The first-order chi connectivity index (χ1) is 11.7. The SMILES string of the molecule is CCN1CCCC1Cc1c(C(=O)NCCOC)sc2ccccc12. The predicted molar refractivity (Wildman–Crippen MR) is 100 cm³/mol. The molecule has 1 aliphatic heterocycles. The van der Waals surface area contributed by atoms with Crippen LogP contribution in [0.15, 0.2) is 24.3 Å². The predicted octanol–water partition coefficient (Wildman–Crippen LogP) is 3.30. The fraction of sp³-hybridized carbons (Fsp3) is 0.526. The number of ether oxygens (including phenoxy) is 1. The fourth-order valence-corrected chi connectivity index (χ4v) is 4.76. The molecule has 3 rings (SSSR count). The highest BCUT2D eigenvalue weighted by Crippen LogP contribution is 2.34. The van der Waals surface area contributed by atoms with Crippen LogP contribution >= 0.6 is 11.3 Å². The molecule has 4 nitrogen and oxygen atoms in total. The van der Waals surface area contributed by atoms with E-state index >= 15 is 0 Å². The van der Waals surface area contributed by atoms with Gasteiger partial charge < -0.3 is 15.0 Å². The molecule has 1 aromatic heterocycles. The number of nitrogens with one attached hydrogen (secondary N) is 1. The van der Waals surface area contributed by atoms with E-state index in [9.17, 15) is 4.79 Å². The van der Waals surface area contributed by atoms with E-state index in [1.165, 1.54) is 35.0 Å². The first-order valence-corrected chi connectivity index (χ1v) is 9.57. The van der Waals surface area contributed by atoms with E-state index in [-0.39, 0.29) is 5.91 Å². The van der Waals surface area contributed by atoms with Crippen LogP contribution in [0.4, 0.5) is 0 Å². The average molecular weight is 346 g/mol. The summed E-state index contributed by atoms with van der Waals surface area (Å²) < 4.78 is 6.23. The maximum Gasteiger partial charge on any atom is 0.261 e. The summed E-state index contributed by atoms with van der Waals surface area (Å²) in [7, 11) is 1.65. The molecule has 0 saturated carbocycles. The molecule has 1 atom stereocenters. The topological polar surface area (TPSA) is 41.6 Å². The van der Waals surface area contributed by atoms with E-state index in [4.69, 9.17) is 4.74 Å². The Hall–Kier alpha value is -1.43. The van der Waals surface area contributed by atoms with Crippen LogP contribution in [-0.2, 0) is 11.2 Å². The molecule has 2 aromatic rings. The van der Waals surface area contributed by atoms with Gasteiger partial charge in [-0.1, -0.05) is 25.1 Å². The highest BCUT2D eigenvalue weighted by atomic mass is 32.1. The highest BCUT2D eigenvalue weighted by Gasteiger charge is 2.27. The number of methoxy groups -OCH3 is 1. The minimum Gasteiger partial charge on any atom is -0.383 e. The second kappa shape index (κ2) is 8.10. The Morgan fingerprint density at radius 2 is 2.25 bits per heavy atom. The largest absolute Gasteiger partial charge is 0.383 e. The quantitative estimate of drug-likeness (QED) is 0.782. The molecule has 130 valence electrons. The molecule has 1 saturated heterocycles. The smallest absolute Gasteiger partial charge is 0.261 e. The molecule has 24 heavy (non-hydrogen) atoms. The number of rotatable bonds is 7. The molecule has 0 radical (unpaired) electrons. The minimum absolute atomic E-state index is 0.0318. The van der Waals surface area contributed by atoms with Crippen molar-refractivity contribution in [3.63, 3.8) is 0 Å². The number of nitrogens with zero attached hydrogens (tertiary/aromatic N) is 1. The van der Waals surface area contributed by atoms with Gasteiger partial charge in [0.15, 0.2) is 0 Å². The van der Waals surface area contributed by atoms with E-state index in [0.29, 0.717) is 19.2 Å². The van der Waals surface area contributed by atoms with Gasteiger partial charge in [0.05, 0.1) is 11.5 Å². The van der Waals surface area contributed by atoms with Gasteiger partial charge in [0.25, 0.3) is 5.91 Å². The third kappa shape index (κ3) is 3.63. The standard InChI is InChI=1S/C19H26N2O2S/c1-3-21-11-6-7-14(21)13-16-15-8-4-5-9-17(15)24-18(16)19(22)20-10-12-23-2/h4-5,8-9,14H,3,6-7,10-13H2,1-2H3,(H,20,22). The summed E-state index contributed by atoms with van der Waals surface area (Å²) >= 11 is 1.61. The van der Waals surface area contributed by atoms with Gasteiger partial charge in [-0.3, -0.25) is 4.79 Å². The summed E-state index contributed by atoms with van der Waals surface area (Å²) in [4.78, 5) is 16.1. The molecule has 1 amide bonds. The summed E-state index contributed by atoms with van der Waals surface area (Å²) in [6.45, 7) is 5.58. The Morgan fingerprint density at radius 1 is 1.42 bits per heavy atom. The van der Waals surface area contributed by atoms with Crippen LogP contribution in [0, 0.1) is 0 Å². The Morgan fingerprint density at radius 3 is 3.04 bits per heavy atom. The number of thiophene rings is 1. The Labute approximate surface area is 147 Å². The van der Waals surface area contributed by atoms with Crippen LogP contribution in [0.3, 0.4) is 0 Å². The van der Waals surface area contributed by atoms with Crippen molar-refractivity contribution in [2.24, 2.45) is 0 Å². The molecular weight excluding hydrogens is 320 g/mol. The van der Waals surface area contributed by atoms with Crippen molar-refractivity contribution in [2.45, 2.75) is 32.2 Å². The van der Waals surface area contributed by atoms with Gasteiger partial charge in [0, 0.05) is 24.4 Å². The van der Waals surface area contributed by atoms with E-state index in [1.807, 2.05) is 6.07 Å². The van der Waals surface area contributed by atoms with Gasteiger partial charge in [0.1, 0.15) is 0 Å². The lowest BCUT2D eigenvalue weighted by Crippen LogP contribution is -2.32. The summed E-state index contributed by atoms with van der Waals surface area (Å²) in [6, 6.07) is 8.93. The molecule has 2 heterocycles. The molecule has 0 bridgehead atoms. The zero-order chi connectivity index (χ0) is 16.9. The first-order valence-electron chi connectivity index (χ1n) is 8.76. The maximum absolute atomic E-state index is 12.7. The number of amides is 1. The third-order valence-electron chi connectivity index (χ3n) is 4.84. The lowest BCUT2D eigenvalue weighted by molar-refractivity contribution is 0.0940. The van der Waals surface area contributed by atoms with E-state index in [1.54, 1.807) is 18.4 Å². The van der Waals surface area contributed by atoms with Gasteiger partial charge >= 0.3 is 0 Å². The summed E-state index contributed by atoms with van der Waals surface area (Å²) in [6.07, 6.45) is 3.45. The Balaban J connectivity index is 1.89. The third-order valence-corrected chi connectivity index (χ3v) is 6.05. The number of carbonyl (C=O) groups excluding carboxylic acids is 1. The Kier molecular flexibility index (Phi) is 5.87. The van der Waals surface area contributed by atoms with Crippen LogP contribution in [0.2, 0.25) is 0 Å². The van der Waals surface area contributed by atoms with Gasteiger partial charge in [0.2, 0.25) is 0 Å². The molecule has 0 spiro atoms. The molecule has 1 fully saturated rings. The van der Waals surface area contributed by atoms with Crippen LogP contribution in [0.5, 0.6) is 0 Å². The van der Waals surface area contributed by atoms with Crippen LogP contribution in [0.1, 0.15) is 35.0 Å². The van der Waals surface area contributed by atoms with Crippen molar-refractivity contribution in [1.82, 2.24) is 10.2 Å². The molecule has 1 aliphatic rings. The van der Waals surface area contributed by atoms with Crippen molar-refractivity contribution in [2.75, 3.05) is 33.4 Å². The second-order valence-corrected chi connectivity index (χ2v) is 7.34. The molecular formula is C19H26N2O2S. The first kappa shape index (κ1) is 17.4. The van der Waals surface area contributed by atoms with Gasteiger partial charge in [-0.25, -0.2) is 0 Å². The normalized spacial score (nSPS) is 18.3. The lowest BCUT2D eigenvalue weighted by Gasteiger charge is -2.23. The van der Waals surface area contributed by atoms with Crippen LogP contribution < -0.4 is 5.32 Å². The molecule has 5 heteroatoms. The average Bonchev–Trinajstić information content (AvgIpc) is 3.20. The number of likely N-dealkylation sites (N-methyl/N-ethyl adjacent to an activating group) is 1. The number of carbonyl (C=O) groups is 1. The zero-order valence-corrected chi connectivity index (χ0v) is 15.3. The zero-order valence-electron chi connectivity index (χ0n) is 14.5. The monoisotopic (exact) mass is 346 g/mol. The van der Waals surface area contributed by atoms with Crippen molar-refractivity contribution < 1.29 is 9.53 Å². The van der Waals surface area contributed by atoms with Crippen molar-refractivity contribution in [1.29, 1.82) is 0 Å². The van der Waals surface area contributed by atoms with Crippen LogP contribution in [-0.4, -0.2) is 50.2 Å². The van der Waals surface area contributed by atoms with Gasteiger partial charge in [-0.15, -0.1) is 11.3 Å². The van der Waals surface area contributed by atoms with E-state index < -0.39 is 0 Å². The molecule has 0 aliphatic carbocycles. The van der Waals surface area contributed by atoms with Crippen molar-refractivity contribution in [3.05, 3.63) is 34.7 Å². The van der Waals surface area contributed by atoms with Gasteiger partial charge in [-0.05, 0) is 49.4 Å². The van der Waals surface area contributed by atoms with Crippen molar-refractivity contribution >= 4 is 27.3 Å². The fourth-order valence-electron chi connectivity index (χ4n) is 3.61. The number of likely N-dealkylation sites (tertiary alicyclic amines) is 1. The van der Waals surface area contributed by atoms with Gasteiger partial charge in [-0.2, -0.15) is 0 Å². The number of hydrogen-bond donors (Lipinski definition) is 1. The number of benzene rings is 1. The minimum atomic E-state index is 0.0318. The second-order valence-electron chi connectivity index (χ2n) is 6.28. The highest BCUT2D eigenvalue weighted by molar-refractivity contribution is 7.21. The van der Waals surface area contributed by atoms with E-state index in [0.717, 1.165) is 17.8 Å². The van der Waals surface area contributed by atoms with Crippen molar-refractivity contribution in [3.8, 4) is 0 Å². The maximum atomic E-state index is 12.7. The summed E-state index contributed by atoms with van der Waals surface area (Å²) in [5.41, 5.74) is 1.22. The molecule has 1 unspecified atom stereocenters. The lowest BCUT2D eigenvalue weighted by atomic mass is 10.0. The Bertz CT molecular complexity index is 698. The summed E-state index contributed by atoms with van der Waals surface area (Å²) in [5.74, 6) is 0.0318. The number of fused-ring (bicyclic) bond motifs is 1. The molecule has 1 aromatic carbocycles. The molecule has 1 N–H and O–H groups in total. The van der Waals surface area contributed by atoms with Crippen LogP contribution in [0.25, 0.3) is 10.1 Å². The van der Waals surface area contributed by atoms with E-state index in [2.05, 4.69) is 35.3 Å². The summed E-state index contributed by atoms with van der Waals surface area (Å²) in [5, 5.41) is 4.22.